The molecule has 0 bridgehead atoms. The maximum absolute atomic E-state index is 12.8. The second kappa shape index (κ2) is 53.6. The molecule has 9 saturated heterocycles. The van der Waals surface area contributed by atoms with Crippen molar-refractivity contribution in [2.75, 3.05) is 257 Å². The van der Waals surface area contributed by atoms with Gasteiger partial charge in [-0.25, -0.2) is 9.37 Å². The quantitative estimate of drug-likeness (QED) is 0.102. The van der Waals surface area contributed by atoms with E-state index in [1.165, 1.54) is 172 Å². The minimum atomic E-state index is -0.165. The number of piperazine rings is 8. The van der Waals surface area contributed by atoms with Crippen LogP contribution in [-0.4, -0.2) is 386 Å². The van der Waals surface area contributed by atoms with Gasteiger partial charge in [0.05, 0.1) is 18.9 Å². The van der Waals surface area contributed by atoms with Gasteiger partial charge in [0.1, 0.15) is 16.8 Å². The van der Waals surface area contributed by atoms with E-state index in [0.29, 0.717) is 45.3 Å². The summed E-state index contributed by atoms with van der Waals surface area (Å²) in [6.07, 6.45) is 19.5. The molecule has 25 heteroatoms. The number of anilines is 3. The molecule has 0 unspecified atom stereocenters. The van der Waals surface area contributed by atoms with Crippen LogP contribution < -0.4 is 14.7 Å². The van der Waals surface area contributed by atoms with Gasteiger partial charge >= 0.3 is 0 Å². The Morgan fingerprint density at radius 3 is 0.992 bits per heavy atom. The molecule has 13 heterocycles. The zero-order chi connectivity index (χ0) is 97.2. The van der Waals surface area contributed by atoms with Gasteiger partial charge in [0.2, 0.25) is 5.91 Å². The van der Waals surface area contributed by atoms with Crippen molar-refractivity contribution in [2.24, 2.45) is 0 Å². The number of hydrogen-bond acceptors (Lipinski definition) is 22. The molecule has 746 valence electrons. The molecule has 23 nitrogen and oxygen atoms in total. The Bertz CT molecular complexity index is 4020. The summed E-state index contributed by atoms with van der Waals surface area (Å²) in [5, 5.41) is 0.459. The number of benzene rings is 2. The second-order valence-electron chi connectivity index (χ2n) is 45.7. The van der Waals surface area contributed by atoms with Crippen LogP contribution in [-0.2, 0) is 24.3 Å². The largest absolute Gasteiger partial charge is 0.369 e. The molecule has 0 atom stereocenters. The molecule has 0 spiro atoms. The molecule has 133 heavy (non-hydrogen) atoms. The Balaban J connectivity index is 0.000000187. The highest BCUT2D eigenvalue weighted by Crippen LogP contribution is 2.28. The van der Waals surface area contributed by atoms with Gasteiger partial charge in [0.15, 0.2) is 0 Å². The van der Waals surface area contributed by atoms with Gasteiger partial charge in [-0.15, -0.1) is 0 Å². The molecule has 15 rings (SSSR count). The number of halogens is 2. The second-order valence-corrected chi connectivity index (χ2v) is 46.0. The van der Waals surface area contributed by atoms with E-state index in [2.05, 4.69) is 337 Å². The number of nitrogens with zero attached hydrogens (tertiary/aromatic N) is 22. The van der Waals surface area contributed by atoms with Crippen molar-refractivity contribution in [3.63, 3.8) is 0 Å². The summed E-state index contributed by atoms with van der Waals surface area (Å²) in [5.41, 5.74) is 8.90. The first-order chi connectivity index (χ1) is 62.7. The van der Waals surface area contributed by atoms with Crippen LogP contribution in [0, 0.1) is 5.82 Å². The fraction of sp³-hybridized carbons (Fsp3) is 0.704. The van der Waals surface area contributed by atoms with E-state index in [0.717, 1.165) is 149 Å². The molecule has 0 radical (unpaired) electrons. The monoisotopic (exact) mass is 1860 g/mol. The van der Waals surface area contributed by atoms with Crippen molar-refractivity contribution >= 4 is 34.7 Å². The van der Waals surface area contributed by atoms with Gasteiger partial charge in [-0.05, 0) is 282 Å². The van der Waals surface area contributed by atoms with E-state index in [9.17, 15) is 9.18 Å². The number of rotatable bonds is 14. The number of pyridine rings is 3. The summed E-state index contributed by atoms with van der Waals surface area (Å²) in [5.74, 6) is 1.05. The molecule has 1 amide bonds. The molecular weight excluding hydrogens is 1680 g/mol. The Morgan fingerprint density at radius 2 is 0.639 bits per heavy atom. The van der Waals surface area contributed by atoms with E-state index in [1.54, 1.807) is 12.4 Å². The van der Waals surface area contributed by atoms with Crippen molar-refractivity contribution in [3.05, 3.63) is 168 Å². The highest BCUT2D eigenvalue weighted by molar-refractivity contribution is 6.29. The average molecular weight is 1860 g/mol. The maximum atomic E-state index is 12.8. The summed E-state index contributed by atoms with van der Waals surface area (Å²) < 4.78 is 12.8. The minimum Gasteiger partial charge on any atom is -0.369 e. The maximum Gasteiger partial charge on any atom is 0.236 e. The van der Waals surface area contributed by atoms with Crippen LogP contribution in [0.25, 0.3) is 0 Å². The molecule has 4 aromatic heterocycles. The molecule has 0 N–H and O–H groups in total. The number of para-hydroxylation sites is 1. The van der Waals surface area contributed by atoms with Crippen LogP contribution in [0.1, 0.15) is 209 Å². The topological polar surface area (TPSA) is 137 Å². The molecule has 9 aliphatic rings. The Labute approximate surface area is 813 Å². The van der Waals surface area contributed by atoms with E-state index >= 15 is 0 Å². The Hall–Kier alpha value is -6.46. The predicted molar refractivity (Wildman–Crippen MR) is 560 cm³/mol. The number of aromatic nitrogens is 5. The third kappa shape index (κ3) is 40.9. The first-order valence-electron chi connectivity index (χ1n) is 50.8. The summed E-state index contributed by atoms with van der Waals surface area (Å²) in [4.78, 5) is 74.6. The molecule has 2 aromatic carbocycles. The predicted octanol–water partition coefficient (Wildman–Crippen LogP) is 16.3. The van der Waals surface area contributed by atoms with Gasteiger partial charge < -0.3 is 29.4 Å². The normalized spacial score (nSPS) is 19.9. The third-order valence-electron chi connectivity index (χ3n) is 27.6. The molecule has 9 fully saturated rings. The lowest BCUT2D eigenvalue weighted by molar-refractivity contribution is -0.131. The van der Waals surface area contributed by atoms with Crippen LogP contribution >= 0.6 is 11.6 Å². The smallest absolute Gasteiger partial charge is 0.236 e. The van der Waals surface area contributed by atoms with Crippen molar-refractivity contribution in [1.29, 1.82) is 0 Å². The zero-order valence-electron chi connectivity index (χ0n) is 88.2. The summed E-state index contributed by atoms with van der Waals surface area (Å²) >= 11 is 5.85. The van der Waals surface area contributed by atoms with E-state index in [-0.39, 0.29) is 22.4 Å². The van der Waals surface area contributed by atoms with Crippen LogP contribution in [0.15, 0.2) is 141 Å². The van der Waals surface area contributed by atoms with Crippen LogP contribution in [0.4, 0.5) is 21.6 Å². The summed E-state index contributed by atoms with van der Waals surface area (Å²) in [6.45, 7) is 100. The number of carbonyl (C=O) groups excluding carboxylic acids is 1. The number of amides is 1. The number of hydrogen-bond donors (Lipinski definition) is 0. The summed E-state index contributed by atoms with van der Waals surface area (Å²) in [7, 11) is 0. The van der Waals surface area contributed by atoms with Gasteiger partial charge in [-0.1, -0.05) is 42.8 Å². The van der Waals surface area contributed by atoms with Crippen LogP contribution in [0.2, 0.25) is 5.15 Å². The Kier molecular flexibility index (Phi) is 45.1. The molecule has 0 aliphatic carbocycles. The first-order valence-corrected chi connectivity index (χ1v) is 51.2. The highest BCUT2D eigenvalue weighted by atomic mass is 35.5. The lowest BCUT2D eigenvalue weighted by Crippen LogP contribution is -2.54. The van der Waals surface area contributed by atoms with Crippen molar-refractivity contribution < 1.29 is 9.18 Å². The molecule has 6 aromatic rings. The first kappa shape index (κ1) is 112. The van der Waals surface area contributed by atoms with Gasteiger partial charge in [0, 0.05) is 335 Å². The van der Waals surface area contributed by atoms with Gasteiger partial charge in [0.25, 0.3) is 0 Å². The molecule has 0 saturated carbocycles. The van der Waals surface area contributed by atoms with Crippen molar-refractivity contribution in [1.82, 2.24) is 93.5 Å². The number of likely N-dealkylation sites (tertiary alicyclic amines) is 1. The fourth-order valence-corrected chi connectivity index (χ4v) is 18.7. The Morgan fingerprint density at radius 1 is 0.308 bits per heavy atom. The zero-order valence-corrected chi connectivity index (χ0v) is 88.9. The lowest BCUT2D eigenvalue weighted by atomic mass is 10.0. The van der Waals surface area contributed by atoms with E-state index < -0.39 is 0 Å². The van der Waals surface area contributed by atoms with Crippen molar-refractivity contribution in [3.8, 4) is 0 Å². The van der Waals surface area contributed by atoms with Gasteiger partial charge in [-0.2, -0.15) is 0 Å². The molecule has 9 aliphatic heterocycles. The van der Waals surface area contributed by atoms with E-state index in [1.807, 2.05) is 60.3 Å². The number of carbonyl (C=O) groups is 1. The standard InChI is InChI=1S/C15H25N3.C14H21FN2.C14H27N3O.2C14H23N3.C14H22N2.C12H19ClN4.C11H24N2/c1-15(2,3)18-12-10-17(11-13-18)9-6-14-4-7-16-8-5-14;1-14(2,3)17-10-8-16(9-11-17)13-6-4-12(15)5-7-13;1-14(2,3)17-10-8-15(9-11-17)12-13(18)16-6-4-5-7-16;1-14(2,3)17-10-8-16(9-11-17)12-13-4-6-15-7-5-13;1-14(2,3)17-9-7-16(8-10-17)12-13-5-4-6-15-11-13;1-14(2,3)16-11-9-15(10-12-16)13-7-5-4-6-8-13;1-12(2,3)17-6-4-16(5-7-17)11-9-14-8-10(13)15-11;1-5-6-12-7-9-13(10-8-12)11(2,3)4/h4-5,7-8H,6,9-13H2,1-3H3;4-7H,8-11H2,1-3H3;4-12H2,1-3H3;4-7H,8-12H2,1-3H3;4-6,11H,7-10,12H2,1-3H3;4-8H,9-12H2,1-3H3;8-9H,4-7H2,1-3H3;5-10H2,1-4H3. The minimum absolute atomic E-state index is 0.165. The lowest BCUT2D eigenvalue weighted by Gasteiger charge is -2.43. The van der Waals surface area contributed by atoms with Crippen LogP contribution in [0.5, 0.6) is 0 Å². The van der Waals surface area contributed by atoms with Crippen molar-refractivity contribution in [2.45, 2.75) is 256 Å². The van der Waals surface area contributed by atoms with E-state index in [4.69, 9.17) is 11.6 Å². The average Bonchev–Trinajstić information content (AvgIpc) is 1.63. The van der Waals surface area contributed by atoms with Gasteiger partial charge in [-0.3, -0.25) is 78.6 Å². The highest BCUT2D eigenvalue weighted by Gasteiger charge is 2.34. The SMILES string of the molecule is CC(C)(C)N1CCN(CC(=O)N2CCCC2)CC1.CC(C)(C)N1CCN(CCc2ccncc2)CC1.CC(C)(C)N1CCN(Cc2cccnc2)CC1.CC(C)(C)N1CCN(Cc2ccncc2)CC1.CC(C)(C)N1CCN(c2ccc(F)cc2)CC1.CC(C)(C)N1CCN(c2ccccc2)CC1.CC(C)(C)N1CCN(c2cncc(Cl)n2)CC1.CCCN1CCN(C(C)(C)C)CC1. The molecular formula is C108H184ClFN22O. The summed E-state index contributed by atoms with van der Waals surface area (Å²) in [6, 6.07) is 30.1. The fourth-order valence-electron chi connectivity index (χ4n) is 18.6. The third-order valence-corrected chi connectivity index (χ3v) is 27.8. The van der Waals surface area contributed by atoms with Crippen LogP contribution in [0.3, 0.4) is 0 Å².